The number of H-pyrrole nitrogens is 1. The lowest BCUT2D eigenvalue weighted by molar-refractivity contribution is -0.117. The van der Waals surface area contributed by atoms with Gasteiger partial charge >= 0.3 is 0 Å². The van der Waals surface area contributed by atoms with Gasteiger partial charge in [0, 0.05) is 16.1 Å². The van der Waals surface area contributed by atoms with Gasteiger partial charge in [-0.1, -0.05) is 11.6 Å². The van der Waals surface area contributed by atoms with Gasteiger partial charge in [0.1, 0.15) is 5.82 Å². The van der Waals surface area contributed by atoms with Crippen LogP contribution in [0.4, 0.5) is 4.39 Å². The summed E-state index contributed by atoms with van der Waals surface area (Å²) >= 11 is 5.77. The zero-order valence-electron chi connectivity index (χ0n) is 8.60. The van der Waals surface area contributed by atoms with Crippen LogP contribution >= 0.6 is 11.6 Å². The predicted molar refractivity (Wildman–Crippen MR) is 60.9 cm³/mol. The fraction of sp³-hybridized carbons (Fsp3) is 0.182. The number of halogens is 2. The topological polar surface area (TPSA) is 58.9 Å². The molecule has 0 aliphatic carbocycles. The molecule has 0 aliphatic rings. The SMILES string of the molecule is Cc1[nH]c2c(F)cc(Cl)cc2c1CC(N)=O. The van der Waals surface area contributed by atoms with Crippen LogP contribution in [0.3, 0.4) is 0 Å². The average molecular weight is 241 g/mol. The molecule has 0 unspecified atom stereocenters. The van der Waals surface area contributed by atoms with E-state index in [0.29, 0.717) is 21.5 Å². The van der Waals surface area contributed by atoms with Crippen molar-refractivity contribution in [3.63, 3.8) is 0 Å². The first-order valence-corrected chi connectivity index (χ1v) is 5.11. The summed E-state index contributed by atoms with van der Waals surface area (Å²) in [6, 6.07) is 2.86. The number of carbonyl (C=O) groups excluding carboxylic acids is 1. The van der Waals surface area contributed by atoms with Crippen LogP contribution in [0.25, 0.3) is 10.9 Å². The Labute approximate surface area is 96.4 Å². The van der Waals surface area contributed by atoms with E-state index in [0.717, 1.165) is 5.69 Å². The first-order valence-electron chi connectivity index (χ1n) is 4.73. The number of nitrogens with one attached hydrogen (secondary N) is 1. The van der Waals surface area contributed by atoms with Crippen LogP contribution < -0.4 is 5.73 Å². The monoisotopic (exact) mass is 240 g/mol. The number of benzene rings is 1. The Hall–Kier alpha value is -1.55. The average Bonchev–Trinajstić information content (AvgIpc) is 2.45. The summed E-state index contributed by atoms with van der Waals surface area (Å²) in [6.07, 6.45) is 0.0750. The molecule has 0 radical (unpaired) electrons. The highest BCUT2D eigenvalue weighted by Gasteiger charge is 2.14. The predicted octanol–water partition coefficient (Wildman–Crippen LogP) is 2.30. The number of rotatable bonds is 2. The van der Waals surface area contributed by atoms with Crippen molar-refractivity contribution in [3.05, 3.63) is 34.2 Å². The molecule has 2 rings (SSSR count). The van der Waals surface area contributed by atoms with Crippen LogP contribution in [-0.4, -0.2) is 10.9 Å². The third kappa shape index (κ3) is 1.76. The molecule has 0 aliphatic heterocycles. The zero-order valence-corrected chi connectivity index (χ0v) is 9.36. The standard InChI is InChI=1S/C11H10ClFN2O/c1-5-7(4-10(14)16)8-2-6(12)3-9(13)11(8)15-5/h2-3,15H,4H2,1H3,(H2,14,16). The molecule has 1 heterocycles. The van der Waals surface area contributed by atoms with Gasteiger partial charge in [-0.15, -0.1) is 0 Å². The minimum Gasteiger partial charge on any atom is -0.369 e. The molecule has 3 N–H and O–H groups in total. The molecular formula is C11H10ClFN2O. The molecule has 0 bridgehead atoms. The number of amides is 1. The van der Waals surface area contributed by atoms with E-state index in [9.17, 15) is 9.18 Å². The molecule has 2 aromatic rings. The summed E-state index contributed by atoms with van der Waals surface area (Å²) in [5.41, 5.74) is 6.93. The minimum atomic E-state index is -0.454. The van der Waals surface area contributed by atoms with Crippen molar-refractivity contribution in [1.29, 1.82) is 0 Å². The lowest BCUT2D eigenvalue weighted by Gasteiger charge is -1.98. The third-order valence-electron chi connectivity index (χ3n) is 2.50. The van der Waals surface area contributed by atoms with Gasteiger partial charge in [0.15, 0.2) is 0 Å². The molecule has 0 saturated carbocycles. The molecular weight excluding hydrogens is 231 g/mol. The number of primary amides is 1. The molecule has 5 heteroatoms. The Balaban J connectivity index is 2.73. The third-order valence-corrected chi connectivity index (χ3v) is 2.71. The Morgan fingerprint density at radius 3 is 2.88 bits per heavy atom. The zero-order chi connectivity index (χ0) is 11.9. The number of carbonyl (C=O) groups is 1. The first-order chi connectivity index (χ1) is 7.49. The van der Waals surface area contributed by atoms with Crippen LogP contribution in [-0.2, 0) is 11.2 Å². The highest BCUT2D eigenvalue weighted by Crippen LogP contribution is 2.28. The first kappa shape index (κ1) is 11.0. The van der Waals surface area contributed by atoms with E-state index < -0.39 is 11.7 Å². The van der Waals surface area contributed by atoms with Gasteiger partial charge in [-0.3, -0.25) is 4.79 Å². The Morgan fingerprint density at radius 2 is 2.25 bits per heavy atom. The molecule has 1 aromatic heterocycles. The summed E-state index contributed by atoms with van der Waals surface area (Å²) in [7, 11) is 0. The molecule has 1 amide bonds. The number of aromatic nitrogens is 1. The second-order valence-corrected chi connectivity index (χ2v) is 4.12. The van der Waals surface area contributed by atoms with Crippen molar-refractivity contribution in [2.45, 2.75) is 13.3 Å². The second-order valence-electron chi connectivity index (χ2n) is 3.68. The Morgan fingerprint density at radius 1 is 1.56 bits per heavy atom. The second kappa shape index (κ2) is 3.79. The van der Waals surface area contributed by atoms with E-state index >= 15 is 0 Å². The number of aryl methyl sites for hydroxylation is 1. The van der Waals surface area contributed by atoms with Gasteiger partial charge in [0.05, 0.1) is 11.9 Å². The molecule has 3 nitrogen and oxygen atoms in total. The maximum Gasteiger partial charge on any atom is 0.221 e. The lowest BCUT2D eigenvalue weighted by Crippen LogP contribution is -2.13. The fourth-order valence-electron chi connectivity index (χ4n) is 1.81. The normalized spacial score (nSPS) is 10.9. The quantitative estimate of drug-likeness (QED) is 0.831. The van der Waals surface area contributed by atoms with E-state index in [1.54, 1.807) is 13.0 Å². The highest BCUT2D eigenvalue weighted by molar-refractivity contribution is 6.31. The molecule has 84 valence electrons. The van der Waals surface area contributed by atoms with Crippen molar-refractivity contribution < 1.29 is 9.18 Å². The van der Waals surface area contributed by atoms with Crippen LogP contribution in [0.5, 0.6) is 0 Å². The molecule has 0 spiro atoms. The number of hydrogen-bond donors (Lipinski definition) is 2. The summed E-state index contributed by atoms with van der Waals surface area (Å²) in [5, 5.41) is 0.913. The van der Waals surface area contributed by atoms with Crippen molar-refractivity contribution in [2.24, 2.45) is 5.73 Å². The number of hydrogen-bond acceptors (Lipinski definition) is 1. The van der Waals surface area contributed by atoms with E-state index in [-0.39, 0.29) is 6.42 Å². The minimum absolute atomic E-state index is 0.0750. The number of nitrogens with two attached hydrogens (primary N) is 1. The van der Waals surface area contributed by atoms with Gasteiger partial charge in [0.2, 0.25) is 5.91 Å². The largest absolute Gasteiger partial charge is 0.369 e. The van der Waals surface area contributed by atoms with Crippen molar-refractivity contribution in [3.8, 4) is 0 Å². The van der Waals surface area contributed by atoms with E-state index in [1.165, 1.54) is 6.07 Å². The number of aromatic amines is 1. The van der Waals surface area contributed by atoms with Crippen LogP contribution in [0.2, 0.25) is 5.02 Å². The van der Waals surface area contributed by atoms with Gasteiger partial charge in [0.25, 0.3) is 0 Å². The summed E-state index contributed by atoms with van der Waals surface area (Å²) < 4.78 is 13.5. The summed E-state index contributed by atoms with van der Waals surface area (Å²) in [4.78, 5) is 13.8. The van der Waals surface area contributed by atoms with Gasteiger partial charge in [-0.05, 0) is 24.6 Å². The maximum absolute atomic E-state index is 13.5. The van der Waals surface area contributed by atoms with E-state index in [1.807, 2.05) is 0 Å². The fourth-order valence-corrected chi connectivity index (χ4v) is 2.01. The van der Waals surface area contributed by atoms with Crippen molar-refractivity contribution >= 4 is 28.4 Å². The Bertz CT molecular complexity index is 577. The number of fused-ring (bicyclic) bond motifs is 1. The van der Waals surface area contributed by atoms with Crippen molar-refractivity contribution in [1.82, 2.24) is 4.98 Å². The highest BCUT2D eigenvalue weighted by atomic mass is 35.5. The Kier molecular flexibility index (Phi) is 2.59. The molecule has 0 saturated heterocycles. The van der Waals surface area contributed by atoms with Gasteiger partial charge < -0.3 is 10.7 Å². The van der Waals surface area contributed by atoms with Crippen LogP contribution in [0.1, 0.15) is 11.3 Å². The van der Waals surface area contributed by atoms with Gasteiger partial charge in [-0.25, -0.2) is 4.39 Å². The summed E-state index contributed by atoms with van der Waals surface area (Å²) in [5.74, 6) is -0.884. The smallest absolute Gasteiger partial charge is 0.221 e. The van der Waals surface area contributed by atoms with Crippen LogP contribution in [0.15, 0.2) is 12.1 Å². The van der Waals surface area contributed by atoms with Crippen LogP contribution in [0, 0.1) is 12.7 Å². The molecule has 0 fully saturated rings. The molecule has 0 atom stereocenters. The van der Waals surface area contributed by atoms with E-state index in [2.05, 4.69) is 4.98 Å². The lowest BCUT2D eigenvalue weighted by atomic mass is 10.1. The van der Waals surface area contributed by atoms with Crippen molar-refractivity contribution in [2.75, 3.05) is 0 Å². The summed E-state index contributed by atoms with van der Waals surface area (Å²) in [6.45, 7) is 1.77. The molecule has 16 heavy (non-hydrogen) atoms. The maximum atomic E-state index is 13.5. The molecule has 1 aromatic carbocycles. The van der Waals surface area contributed by atoms with E-state index in [4.69, 9.17) is 17.3 Å². The van der Waals surface area contributed by atoms with Gasteiger partial charge in [-0.2, -0.15) is 0 Å².